The van der Waals surface area contributed by atoms with Crippen molar-refractivity contribution in [3.05, 3.63) is 42.4 Å². The van der Waals surface area contributed by atoms with E-state index < -0.39 is 15.3 Å². The van der Waals surface area contributed by atoms with Gasteiger partial charge in [0.15, 0.2) is 0 Å². The predicted octanol–water partition coefficient (Wildman–Crippen LogP) is 2.05. The number of nitrogen functional groups attached to an aromatic ring is 1. The number of rotatable bonds is 4. The summed E-state index contributed by atoms with van der Waals surface area (Å²) in [7, 11) is -3.68. The van der Waals surface area contributed by atoms with Gasteiger partial charge in [-0.2, -0.15) is 0 Å². The summed E-state index contributed by atoms with van der Waals surface area (Å²) in [5.74, 6) is -0.481. The zero-order valence-corrected chi connectivity index (χ0v) is 13.9. The molecule has 0 aliphatic heterocycles. The molecule has 3 N–H and O–H groups in total. The molecule has 1 amide bonds. The number of nitrogens with two attached hydrogens (primary N) is 1. The molecular weight excluding hydrogens is 332 g/mol. The molecule has 0 spiro atoms. The molecule has 2 aromatic heterocycles. The molecule has 1 aromatic carbocycles. The van der Waals surface area contributed by atoms with Crippen LogP contribution in [-0.2, 0) is 10.0 Å². The lowest BCUT2D eigenvalue weighted by molar-refractivity contribution is 0.102. The molecule has 0 radical (unpaired) electrons. The number of furan rings is 1. The Hall–Kier alpha value is -2.81. The van der Waals surface area contributed by atoms with Crippen LogP contribution in [-0.4, -0.2) is 28.5 Å². The van der Waals surface area contributed by atoms with Gasteiger partial charge in [-0.05, 0) is 38.1 Å². The molecule has 0 aliphatic rings. The second-order valence-electron chi connectivity index (χ2n) is 5.50. The first-order chi connectivity index (χ1) is 11.3. The Labute approximate surface area is 138 Å². The molecule has 0 aliphatic carbocycles. The van der Waals surface area contributed by atoms with Gasteiger partial charge < -0.3 is 15.5 Å². The first-order valence-electron chi connectivity index (χ1n) is 7.16. The van der Waals surface area contributed by atoms with Gasteiger partial charge >= 0.3 is 0 Å². The largest absolute Gasteiger partial charge is 0.472 e. The number of carbonyl (C=O) groups is 1. The Balaban J connectivity index is 2.06. The van der Waals surface area contributed by atoms with Crippen LogP contribution < -0.4 is 11.1 Å². The van der Waals surface area contributed by atoms with Crippen molar-refractivity contribution in [1.82, 2.24) is 8.96 Å². The molecule has 0 saturated heterocycles. The highest BCUT2D eigenvalue weighted by Crippen LogP contribution is 2.25. The zero-order chi connectivity index (χ0) is 17.5. The number of hydrogen-bond donors (Lipinski definition) is 2. The van der Waals surface area contributed by atoms with Crippen molar-refractivity contribution < 1.29 is 17.6 Å². The fourth-order valence-electron chi connectivity index (χ4n) is 2.23. The molecule has 24 heavy (non-hydrogen) atoms. The Morgan fingerprint density at radius 1 is 1.33 bits per heavy atom. The molecule has 2 heterocycles. The van der Waals surface area contributed by atoms with E-state index in [-0.39, 0.29) is 11.9 Å². The number of fused-ring (bicyclic) bond motifs is 1. The number of imidazole rings is 1. The number of carbonyl (C=O) groups excluding carboxylic acids is 1. The van der Waals surface area contributed by atoms with Crippen molar-refractivity contribution in [3.63, 3.8) is 0 Å². The van der Waals surface area contributed by atoms with Gasteiger partial charge in [0.05, 0.1) is 28.1 Å². The van der Waals surface area contributed by atoms with E-state index in [2.05, 4.69) is 10.3 Å². The van der Waals surface area contributed by atoms with Gasteiger partial charge in [-0.25, -0.2) is 17.4 Å². The number of nitrogens with one attached hydrogen (secondary N) is 1. The molecule has 0 unspecified atom stereocenters. The Bertz CT molecular complexity index is 1000. The van der Waals surface area contributed by atoms with E-state index in [1.54, 1.807) is 26.0 Å². The van der Waals surface area contributed by atoms with E-state index in [9.17, 15) is 13.2 Å². The molecule has 0 atom stereocenters. The first-order valence-corrected chi connectivity index (χ1v) is 8.67. The lowest BCUT2D eigenvalue weighted by Gasteiger charge is -2.11. The van der Waals surface area contributed by atoms with Crippen LogP contribution in [0.5, 0.6) is 0 Å². The number of anilines is 2. The first kappa shape index (κ1) is 16.1. The molecule has 3 aromatic rings. The average Bonchev–Trinajstić information content (AvgIpc) is 3.13. The molecule has 0 saturated carbocycles. The lowest BCUT2D eigenvalue weighted by Crippen LogP contribution is -2.23. The quantitative estimate of drug-likeness (QED) is 0.744. The monoisotopic (exact) mass is 348 g/mol. The summed E-state index contributed by atoms with van der Waals surface area (Å²) in [6.07, 6.45) is 2.71. The standard InChI is InChI=1S/C15H16N4O4S/c1-9(2)24(21,22)19-13-7-11(3-4-12(13)18-15(19)16)17-14(20)10-5-6-23-8-10/h3-9H,1-2H3,(H2,16,18)(H,17,20). The molecule has 3 rings (SSSR count). The van der Waals surface area contributed by atoms with Crippen LogP contribution in [0.4, 0.5) is 11.6 Å². The van der Waals surface area contributed by atoms with Crippen LogP contribution in [0, 0.1) is 0 Å². The van der Waals surface area contributed by atoms with Crippen LogP contribution in [0.3, 0.4) is 0 Å². The molecule has 8 nitrogen and oxygen atoms in total. The van der Waals surface area contributed by atoms with Gasteiger partial charge in [-0.3, -0.25) is 4.79 Å². The highest BCUT2D eigenvalue weighted by atomic mass is 32.2. The number of hydrogen-bond acceptors (Lipinski definition) is 6. The minimum Gasteiger partial charge on any atom is -0.472 e. The second kappa shape index (κ2) is 5.68. The summed E-state index contributed by atoms with van der Waals surface area (Å²) >= 11 is 0. The zero-order valence-electron chi connectivity index (χ0n) is 13.1. The molecule has 126 valence electrons. The van der Waals surface area contributed by atoms with Gasteiger partial charge in [0.2, 0.25) is 16.0 Å². The number of aromatic nitrogens is 2. The third-order valence-electron chi connectivity index (χ3n) is 3.53. The summed E-state index contributed by atoms with van der Waals surface area (Å²) < 4.78 is 30.8. The van der Waals surface area contributed by atoms with Gasteiger partial charge in [0.1, 0.15) is 6.26 Å². The smallest absolute Gasteiger partial charge is 0.258 e. The van der Waals surface area contributed by atoms with E-state index in [0.29, 0.717) is 22.3 Å². The molecular formula is C15H16N4O4S. The SMILES string of the molecule is CC(C)S(=O)(=O)n1c(N)nc2ccc(NC(=O)c3ccoc3)cc21. The third-order valence-corrected chi connectivity index (χ3v) is 5.61. The predicted molar refractivity (Wildman–Crippen MR) is 90.3 cm³/mol. The average molecular weight is 348 g/mol. The highest BCUT2D eigenvalue weighted by molar-refractivity contribution is 7.90. The lowest BCUT2D eigenvalue weighted by atomic mass is 10.2. The van der Waals surface area contributed by atoms with Crippen LogP contribution in [0.1, 0.15) is 24.2 Å². The summed E-state index contributed by atoms with van der Waals surface area (Å²) in [5, 5.41) is 2.01. The minimum atomic E-state index is -3.68. The second-order valence-corrected chi connectivity index (χ2v) is 7.84. The maximum Gasteiger partial charge on any atom is 0.258 e. The Kier molecular flexibility index (Phi) is 3.80. The summed E-state index contributed by atoms with van der Waals surface area (Å²) in [6.45, 7) is 3.12. The van der Waals surface area contributed by atoms with Crippen LogP contribution >= 0.6 is 0 Å². The maximum atomic E-state index is 12.5. The van der Waals surface area contributed by atoms with Crippen LogP contribution in [0.2, 0.25) is 0 Å². The number of nitrogens with zero attached hydrogens (tertiary/aromatic N) is 2. The van der Waals surface area contributed by atoms with Crippen LogP contribution in [0.25, 0.3) is 11.0 Å². The van der Waals surface area contributed by atoms with E-state index in [4.69, 9.17) is 10.2 Å². The molecule has 0 bridgehead atoms. The van der Waals surface area contributed by atoms with Crippen LogP contribution in [0.15, 0.2) is 41.2 Å². The van der Waals surface area contributed by atoms with E-state index >= 15 is 0 Å². The van der Waals surface area contributed by atoms with Gasteiger partial charge in [-0.1, -0.05) is 0 Å². The Morgan fingerprint density at radius 2 is 2.08 bits per heavy atom. The minimum absolute atomic E-state index is 0.114. The fourth-order valence-corrected chi connectivity index (χ4v) is 3.37. The van der Waals surface area contributed by atoms with Gasteiger partial charge in [0.25, 0.3) is 5.91 Å². The molecule has 9 heteroatoms. The normalized spacial score (nSPS) is 12.0. The van der Waals surface area contributed by atoms with E-state index in [0.717, 1.165) is 3.97 Å². The Morgan fingerprint density at radius 3 is 2.71 bits per heavy atom. The summed E-state index contributed by atoms with van der Waals surface area (Å²) in [6, 6.07) is 6.28. The molecule has 0 fully saturated rings. The van der Waals surface area contributed by atoms with E-state index in [1.807, 2.05) is 0 Å². The topological polar surface area (TPSA) is 120 Å². The van der Waals surface area contributed by atoms with Crippen molar-refractivity contribution in [2.45, 2.75) is 19.1 Å². The van der Waals surface area contributed by atoms with E-state index in [1.165, 1.54) is 24.7 Å². The van der Waals surface area contributed by atoms with Crippen molar-refractivity contribution in [1.29, 1.82) is 0 Å². The van der Waals surface area contributed by atoms with Crippen molar-refractivity contribution in [3.8, 4) is 0 Å². The van der Waals surface area contributed by atoms with Gasteiger partial charge in [-0.15, -0.1) is 0 Å². The summed E-state index contributed by atoms with van der Waals surface area (Å²) in [5.41, 5.74) is 7.30. The van der Waals surface area contributed by atoms with Crippen molar-refractivity contribution in [2.75, 3.05) is 11.1 Å². The summed E-state index contributed by atoms with van der Waals surface area (Å²) in [4.78, 5) is 16.1. The number of amides is 1. The third kappa shape index (κ3) is 2.62. The maximum absolute atomic E-state index is 12.5. The fraction of sp³-hybridized carbons (Fsp3) is 0.200. The number of benzene rings is 1. The van der Waals surface area contributed by atoms with Crippen molar-refractivity contribution in [2.24, 2.45) is 0 Å². The highest BCUT2D eigenvalue weighted by Gasteiger charge is 2.24. The van der Waals surface area contributed by atoms with Crippen molar-refractivity contribution >= 4 is 38.6 Å². The van der Waals surface area contributed by atoms with Gasteiger partial charge in [0, 0.05) is 5.69 Å².